The molecule has 0 unspecified atom stereocenters. The van der Waals surface area contributed by atoms with E-state index in [1.165, 1.54) is 0 Å². The number of hydrogen-bond donors (Lipinski definition) is 5. The molecule has 0 amide bonds. The van der Waals surface area contributed by atoms with Crippen molar-refractivity contribution >= 4 is 35.8 Å². The van der Waals surface area contributed by atoms with Crippen LogP contribution in [0, 0.1) is 0 Å². The minimum absolute atomic E-state index is 0. The van der Waals surface area contributed by atoms with Crippen molar-refractivity contribution in [3.63, 3.8) is 0 Å². The fourth-order valence-corrected chi connectivity index (χ4v) is 1.06. The molecule has 0 aromatic rings. The molecule has 0 rings (SSSR count). The van der Waals surface area contributed by atoms with Crippen LogP contribution in [-0.2, 0) is 38.2 Å². The Labute approximate surface area is 245 Å². The number of hydrogen-bond acceptors (Lipinski definition) is 9. The van der Waals surface area contributed by atoms with Gasteiger partial charge in [-0.1, -0.05) is 0 Å². The van der Waals surface area contributed by atoms with E-state index in [0.717, 1.165) is 0 Å². The molecule has 27 heavy (non-hydrogen) atoms. The zero-order valence-electron chi connectivity index (χ0n) is 19.1. The summed E-state index contributed by atoms with van der Waals surface area (Å²) in [6, 6.07) is -1.90. The van der Waals surface area contributed by atoms with Gasteiger partial charge in [-0.05, 0) is 0 Å². The molecule has 0 aliphatic rings. The third-order valence-electron chi connectivity index (χ3n) is 2.07. The Hall–Kier alpha value is 0.780. The first-order chi connectivity index (χ1) is 10.5. The maximum Gasteiger partial charge on any atom is 1.00 e. The van der Waals surface area contributed by atoms with Crippen LogP contribution in [0.3, 0.4) is 0 Å². The van der Waals surface area contributed by atoms with Crippen molar-refractivity contribution in [2.24, 2.45) is 5.73 Å². The molecular formula is C10H15NNa4O12. The molecule has 0 heterocycles. The normalized spacial score (nSPS) is 9.89. The molecule has 0 bridgehead atoms. The third kappa shape index (κ3) is 15.3. The van der Waals surface area contributed by atoms with Gasteiger partial charge in [0.25, 0.3) is 12.2 Å². The van der Waals surface area contributed by atoms with Crippen LogP contribution in [0.25, 0.3) is 0 Å². The molecule has 0 aliphatic carbocycles. The van der Waals surface area contributed by atoms with E-state index in [9.17, 15) is 28.8 Å². The number of esters is 2. The van der Waals surface area contributed by atoms with Gasteiger partial charge in [0.2, 0.25) is 0 Å². The number of nitrogens with two attached hydrogens (primary N) is 1. The Morgan fingerprint density at radius 3 is 1.30 bits per heavy atom. The molecule has 0 aromatic heterocycles. The number of carbonyl (C=O) groups is 6. The zero-order valence-corrected chi connectivity index (χ0v) is 23.1. The van der Waals surface area contributed by atoms with Crippen molar-refractivity contribution in [1.82, 2.24) is 0 Å². The Morgan fingerprint density at radius 1 is 0.704 bits per heavy atom. The fraction of sp³-hybridized carbons (Fsp3) is 0.400. The topological polar surface area (TPSA) is 228 Å². The largest absolute Gasteiger partial charge is 1.00 e. The van der Waals surface area contributed by atoms with E-state index in [4.69, 9.17) is 26.2 Å². The standard InChI is InChI=1S/C10H11NO12.4Na.4H/c11-2(10(21)23-5(8(17)18)9(19)20)1-3(12)22-4(6(13)14)7(15)16;;;;;;;;/h2,4-5H,1,11H2,(H,13,14)(H,15,16)(H,17,18)(H,19,20);;;;;;;;/q;4*+1;4*-1/t2-;;;;;;;;/m0......../s1. The molecule has 0 saturated heterocycles. The van der Waals surface area contributed by atoms with Gasteiger partial charge in [-0.3, -0.25) is 9.59 Å². The monoisotopic (exact) mass is 433 g/mol. The van der Waals surface area contributed by atoms with Crippen LogP contribution in [0.1, 0.15) is 12.1 Å². The second kappa shape index (κ2) is 18.8. The molecule has 136 valence electrons. The summed E-state index contributed by atoms with van der Waals surface area (Å²) in [5.41, 5.74) is 5.14. The van der Waals surface area contributed by atoms with E-state index in [2.05, 4.69) is 9.47 Å². The number of carboxylic acids is 4. The molecule has 0 spiro atoms. The van der Waals surface area contributed by atoms with Gasteiger partial charge in [0, 0.05) is 0 Å². The number of ether oxygens (including phenoxy) is 2. The first kappa shape index (κ1) is 38.4. The SMILES string of the molecule is N[C@@H](CC(=O)OC(C(=O)O)C(=O)O)C(=O)OC(C(=O)O)C(=O)O.[H-].[H-].[H-].[H-].[Na+].[Na+].[Na+].[Na+]. The van der Waals surface area contributed by atoms with Crippen molar-refractivity contribution in [2.75, 3.05) is 0 Å². The third-order valence-corrected chi connectivity index (χ3v) is 2.07. The molecule has 0 fully saturated rings. The van der Waals surface area contributed by atoms with Crippen molar-refractivity contribution in [2.45, 2.75) is 24.7 Å². The first-order valence-corrected chi connectivity index (χ1v) is 5.54. The van der Waals surface area contributed by atoms with Crippen molar-refractivity contribution < 1.29 is 183 Å². The molecule has 0 aliphatic heterocycles. The predicted octanol–water partition coefficient (Wildman–Crippen LogP) is -14.7. The summed E-state index contributed by atoms with van der Waals surface area (Å²) in [4.78, 5) is 64.5. The minimum Gasteiger partial charge on any atom is -1.00 e. The first-order valence-electron chi connectivity index (χ1n) is 5.54. The molecule has 6 N–H and O–H groups in total. The number of carbonyl (C=O) groups excluding carboxylic acids is 2. The van der Waals surface area contributed by atoms with Crippen LogP contribution in [0.4, 0.5) is 0 Å². The van der Waals surface area contributed by atoms with E-state index in [1.54, 1.807) is 0 Å². The zero-order chi connectivity index (χ0) is 18.3. The molecule has 0 saturated carbocycles. The summed E-state index contributed by atoms with van der Waals surface area (Å²) in [7, 11) is 0. The summed E-state index contributed by atoms with van der Waals surface area (Å²) >= 11 is 0. The Morgan fingerprint density at radius 2 is 1.00 bits per heavy atom. The van der Waals surface area contributed by atoms with E-state index in [1.807, 2.05) is 0 Å². The van der Waals surface area contributed by atoms with Gasteiger partial charge in [-0.25, -0.2) is 19.2 Å². The van der Waals surface area contributed by atoms with Gasteiger partial charge in [-0.15, -0.1) is 0 Å². The Kier molecular flexibility index (Phi) is 26.7. The molecular weight excluding hydrogens is 418 g/mol. The predicted molar refractivity (Wildman–Crippen MR) is 67.3 cm³/mol. The number of carboxylic acid groups (broad SMARTS) is 4. The van der Waals surface area contributed by atoms with Crippen LogP contribution in [0.2, 0.25) is 0 Å². The van der Waals surface area contributed by atoms with Crippen LogP contribution < -0.4 is 124 Å². The minimum atomic E-state index is -2.56. The van der Waals surface area contributed by atoms with Crippen LogP contribution in [0.15, 0.2) is 0 Å². The summed E-state index contributed by atoms with van der Waals surface area (Å²) in [5, 5.41) is 33.9. The van der Waals surface area contributed by atoms with Crippen LogP contribution in [-0.4, -0.2) is 74.5 Å². The van der Waals surface area contributed by atoms with Gasteiger partial charge < -0.3 is 41.3 Å². The number of aliphatic carboxylic acids is 4. The van der Waals surface area contributed by atoms with Gasteiger partial charge in [0.15, 0.2) is 0 Å². The van der Waals surface area contributed by atoms with E-state index >= 15 is 0 Å². The smallest absolute Gasteiger partial charge is 1.00 e. The second-order valence-corrected chi connectivity index (χ2v) is 3.85. The maximum atomic E-state index is 11.3. The van der Waals surface area contributed by atoms with Crippen LogP contribution >= 0.6 is 0 Å². The summed E-state index contributed by atoms with van der Waals surface area (Å²) in [5.74, 6) is -11.1. The fourth-order valence-electron chi connectivity index (χ4n) is 1.06. The average Bonchev–Trinajstić information content (AvgIpc) is 2.40. The maximum absolute atomic E-state index is 11.3. The van der Waals surface area contributed by atoms with Gasteiger partial charge in [0.1, 0.15) is 6.04 Å². The van der Waals surface area contributed by atoms with Crippen molar-refractivity contribution in [3.05, 3.63) is 0 Å². The quantitative estimate of drug-likeness (QED) is 0.129. The molecule has 0 aromatic carbocycles. The molecule has 17 heteroatoms. The summed E-state index contributed by atoms with van der Waals surface area (Å²) in [6.45, 7) is 0. The van der Waals surface area contributed by atoms with E-state index in [-0.39, 0.29) is 124 Å². The second-order valence-electron chi connectivity index (χ2n) is 3.85. The average molecular weight is 433 g/mol. The number of rotatable bonds is 9. The van der Waals surface area contributed by atoms with E-state index < -0.39 is 60.5 Å². The van der Waals surface area contributed by atoms with Crippen LogP contribution in [0.5, 0.6) is 0 Å². The van der Waals surface area contributed by atoms with Crippen molar-refractivity contribution in [3.8, 4) is 0 Å². The molecule has 13 nitrogen and oxygen atoms in total. The van der Waals surface area contributed by atoms with Gasteiger partial charge in [0.05, 0.1) is 6.42 Å². The molecule has 0 radical (unpaired) electrons. The molecule has 1 atom stereocenters. The van der Waals surface area contributed by atoms with E-state index in [0.29, 0.717) is 0 Å². The Balaban J connectivity index is -0.0000000864. The van der Waals surface area contributed by atoms with Gasteiger partial charge in [-0.2, -0.15) is 0 Å². The van der Waals surface area contributed by atoms with Gasteiger partial charge >= 0.3 is 154 Å². The summed E-state index contributed by atoms with van der Waals surface area (Å²) in [6.07, 6.45) is -6.16. The summed E-state index contributed by atoms with van der Waals surface area (Å²) < 4.78 is 8.07. The van der Waals surface area contributed by atoms with Crippen molar-refractivity contribution in [1.29, 1.82) is 0 Å². The Bertz CT molecular complexity index is 545.